The highest BCUT2D eigenvalue weighted by Gasteiger charge is 1.96. The zero-order valence-corrected chi connectivity index (χ0v) is 10.6. The number of aryl methyl sites for hydroxylation is 1. The maximum Gasteiger partial charge on any atom is 0.0315 e. The smallest absolute Gasteiger partial charge is 0.0315 e. The van der Waals surface area contributed by atoms with Crippen molar-refractivity contribution in [1.82, 2.24) is 10.3 Å². The quantitative estimate of drug-likeness (QED) is 0.679. The van der Waals surface area contributed by atoms with Crippen LogP contribution in [0.4, 0.5) is 0 Å². The second-order valence-corrected chi connectivity index (χ2v) is 4.39. The number of nitrogens with zero attached hydrogens (tertiary/aromatic N) is 1. The summed E-state index contributed by atoms with van der Waals surface area (Å²) in [6, 6.07) is 2.07. The molecule has 0 spiro atoms. The van der Waals surface area contributed by atoms with Gasteiger partial charge in [-0.15, -0.1) is 0 Å². The Morgan fingerprint density at radius 3 is 2.75 bits per heavy atom. The second-order valence-electron chi connectivity index (χ2n) is 4.39. The molecule has 0 unspecified atom stereocenters. The Balaban J connectivity index is 2.05. The molecule has 0 bridgehead atoms. The molecule has 0 atom stereocenters. The standard InChI is InChI=1S/C14H24N2/c1-3-4-5-6-7-9-15-11-14-12-16-10-8-13(14)2/h8,10,12,15H,3-7,9,11H2,1-2H3. The number of aromatic nitrogens is 1. The molecule has 0 aliphatic rings. The number of hydrogen-bond acceptors (Lipinski definition) is 2. The fourth-order valence-corrected chi connectivity index (χ4v) is 1.76. The van der Waals surface area contributed by atoms with Gasteiger partial charge in [-0.25, -0.2) is 0 Å². The van der Waals surface area contributed by atoms with Crippen molar-refractivity contribution in [2.24, 2.45) is 0 Å². The lowest BCUT2D eigenvalue weighted by molar-refractivity contribution is 0.582. The summed E-state index contributed by atoms with van der Waals surface area (Å²) in [4.78, 5) is 4.14. The molecule has 1 N–H and O–H groups in total. The molecule has 0 saturated carbocycles. The van der Waals surface area contributed by atoms with Gasteiger partial charge in [-0.3, -0.25) is 4.98 Å². The molecule has 0 aromatic carbocycles. The topological polar surface area (TPSA) is 24.9 Å². The van der Waals surface area contributed by atoms with E-state index in [9.17, 15) is 0 Å². The molecule has 2 nitrogen and oxygen atoms in total. The van der Waals surface area contributed by atoms with Gasteiger partial charge in [-0.2, -0.15) is 0 Å². The highest BCUT2D eigenvalue weighted by atomic mass is 14.8. The molecule has 1 aromatic rings. The van der Waals surface area contributed by atoms with Gasteiger partial charge in [0.05, 0.1) is 0 Å². The number of hydrogen-bond donors (Lipinski definition) is 1. The lowest BCUT2D eigenvalue weighted by Crippen LogP contribution is -2.15. The Bertz CT molecular complexity index is 284. The molecule has 16 heavy (non-hydrogen) atoms. The van der Waals surface area contributed by atoms with E-state index in [0.717, 1.165) is 13.1 Å². The normalized spacial score (nSPS) is 10.6. The van der Waals surface area contributed by atoms with Crippen LogP contribution < -0.4 is 5.32 Å². The van der Waals surface area contributed by atoms with Gasteiger partial charge in [-0.1, -0.05) is 32.6 Å². The van der Waals surface area contributed by atoms with E-state index >= 15 is 0 Å². The third-order valence-corrected chi connectivity index (χ3v) is 2.92. The highest BCUT2D eigenvalue weighted by Crippen LogP contribution is 2.05. The number of nitrogens with one attached hydrogen (secondary N) is 1. The van der Waals surface area contributed by atoms with E-state index in [1.54, 1.807) is 0 Å². The Morgan fingerprint density at radius 1 is 1.19 bits per heavy atom. The van der Waals surface area contributed by atoms with Crippen LogP contribution in [-0.4, -0.2) is 11.5 Å². The molecule has 0 fully saturated rings. The van der Waals surface area contributed by atoms with Crippen LogP contribution in [0.5, 0.6) is 0 Å². The summed E-state index contributed by atoms with van der Waals surface area (Å²) in [6.45, 7) is 6.47. The Kier molecular flexibility index (Phi) is 6.82. The highest BCUT2D eigenvalue weighted by molar-refractivity contribution is 5.20. The van der Waals surface area contributed by atoms with Gasteiger partial charge in [0.1, 0.15) is 0 Å². The molecular formula is C14H24N2. The first-order valence-corrected chi connectivity index (χ1v) is 6.44. The minimum Gasteiger partial charge on any atom is -0.313 e. The number of rotatable bonds is 8. The molecule has 0 aliphatic heterocycles. The van der Waals surface area contributed by atoms with Crippen LogP contribution in [0.15, 0.2) is 18.5 Å². The zero-order chi connectivity index (χ0) is 11.6. The van der Waals surface area contributed by atoms with Crippen LogP contribution in [0.3, 0.4) is 0 Å². The van der Waals surface area contributed by atoms with Crippen molar-refractivity contribution in [3.8, 4) is 0 Å². The van der Waals surface area contributed by atoms with E-state index in [4.69, 9.17) is 0 Å². The molecule has 0 saturated heterocycles. The van der Waals surface area contributed by atoms with Gasteiger partial charge in [-0.05, 0) is 37.1 Å². The maximum absolute atomic E-state index is 4.14. The van der Waals surface area contributed by atoms with Crippen LogP contribution in [-0.2, 0) is 6.54 Å². The summed E-state index contributed by atoms with van der Waals surface area (Å²) in [6.07, 6.45) is 10.5. The third kappa shape index (κ3) is 5.26. The molecule has 0 radical (unpaired) electrons. The first-order chi connectivity index (χ1) is 7.84. The van der Waals surface area contributed by atoms with Crippen LogP contribution >= 0.6 is 0 Å². The van der Waals surface area contributed by atoms with Crippen molar-refractivity contribution in [2.45, 2.75) is 52.5 Å². The molecule has 1 heterocycles. The van der Waals surface area contributed by atoms with E-state index in [1.165, 1.54) is 43.2 Å². The first kappa shape index (κ1) is 13.2. The van der Waals surface area contributed by atoms with Gasteiger partial charge in [0, 0.05) is 18.9 Å². The number of unbranched alkanes of at least 4 members (excludes halogenated alkanes) is 4. The molecule has 1 aromatic heterocycles. The molecule has 0 amide bonds. The Morgan fingerprint density at radius 2 is 2.00 bits per heavy atom. The van der Waals surface area contributed by atoms with Crippen molar-refractivity contribution < 1.29 is 0 Å². The Labute approximate surface area is 99.5 Å². The third-order valence-electron chi connectivity index (χ3n) is 2.92. The summed E-state index contributed by atoms with van der Waals surface area (Å²) < 4.78 is 0. The second kappa shape index (κ2) is 8.28. The average Bonchev–Trinajstić information content (AvgIpc) is 2.30. The zero-order valence-electron chi connectivity index (χ0n) is 10.6. The number of pyridine rings is 1. The summed E-state index contributed by atoms with van der Waals surface area (Å²) >= 11 is 0. The minimum atomic E-state index is 0.952. The van der Waals surface area contributed by atoms with Gasteiger partial charge in [0.15, 0.2) is 0 Å². The molecule has 90 valence electrons. The largest absolute Gasteiger partial charge is 0.313 e. The van der Waals surface area contributed by atoms with E-state index in [-0.39, 0.29) is 0 Å². The Hall–Kier alpha value is -0.890. The fourth-order valence-electron chi connectivity index (χ4n) is 1.76. The first-order valence-electron chi connectivity index (χ1n) is 6.44. The summed E-state index contributed by atoms with van der Waals surface area (Å²) in [7, 11) is 0. The van der Waals surface area contributed by atoms with Crippen molar-refractivity contribution in [3.05, 3.63) is 29.6 Å². The van der Waals surface area contributed by atoms with Gasteiger partial charge in [0.25, 0.3) is 0 Å². The molecule has 0 aliphatic carbocycles. The predicted molar refractivity (Wildman–Crippen MR) is 69.4 cm³/mol. The summed E-state index contributed by atoms with van der Waals surface area (Å²) in [5, 5.41) is 3.48. The van der Waals surface area contributed by atoms with Crippen molar-refractivity contribution in [1.29, 1.82) is 0 Å². The van der Waals surface area contributed by atoms with E-state index in [0.29, 0.717) is 0 Å². The average molecular weight is 220 g/mol. The lowest BCUT2D eigenvalue weighted by Gasteiger charge is -2.06. The maximum atomic E-state index is 4.14. The van der Waals surface area contributed by atoms with Crippen LogP contribution in [0.2, 0.25) is 0 Å². The SMILES string of the molecule is CCCCCCCNCc1cnccc1C. The van der Waals surface area contributed by atoms with Gasteiger partial charge >= 0.3 is 0 Å². The van der Waals surface area contributed by atoms with E-state index in [1.807, 2.05) is 12.4 Å². The van der Waals surface area contributed by atoms with Crippen molar-refractivity contribution in [2.75, 3.05) is 6.54 Å². The molecule has 1 rings (SSSR count). The minimum absolute atomic E-state index is 0.952. The van der Waals surface area contributed by atoms with Crippen molar-refractivity contribution in [3.63, 3.8) is 0 Å². The van der Waals surface area contributed by atoms with Gasteiger partial charge in [0.2, 0.25) is 0 Å². The van der Waals surface area contributed by atoms with Crippen molar-refractivity contribution >= 4 is 0 Å². The lowest BCUT2D eigenvalue weighted by atomic mass is 10.1. The molecule has 2 heteroatoms. The predicted octanol–water partition coefficient (Wildman–Crippen LogP) is 3.45. The van der Waals surface area contributed by atoms with Crippen LogP contribution in [0.1, 0.15) is 50.2 Å². The molecular weight excluding hydrogens is 196 g/mol. The monoisotopic (exact) mass is 220 g/mol. The summed E-state index contributed by atoms with van der Waals surface area (Å²) in [5.41, 5.74) is 2.64. The van der Waals surface area contributed by atoms with E-state index < -0.39 is 0 Å². The fraction of sp³-hybridized carbons (Fsp3) is 0.643. The van der Waals surface area contributed by atoms with Crippen LogP contribution in [0.25, 0.3) is 0 Å². The van der Waals surface area contributed by atoms with Gasteiger partial charge < -0.3 is 5.32 Å². The summed E-state index contributed by atoms with van der Waals surface area (Å²) in [5.74, 6) is 0. The van der Waals surface area contributed by atoms with E-state index in [2.05, 4.69) is 30.2 Å². The van der Waals surface area contributed by atoms with Crippen LogP contribution in [0, 0.1) is 6.92 Å².